The Bertz CT molecular complexity index is 550. The average Bonchev–Trinajstić information content (AvgIpc) is 2.53. The molecule has 0 bridgehead atoms. The SMILES string of the molecule is CCOC(=O)C1CCC[NH+](CCC(=O)Nc2cccc(Cl)c2)C1. The van der Waals surface area contributed by atoms with Crippen molar-refractivity contribution in [2.45, 2.75) is 26.2 Å². The van der Waals surface area contributed by atoms with Gasteiger partial charge in [0.05, 0.1) is 32.7 Å². The maximum absolute atomic E-state index is 12.0. The molecule has 1 saturated heterocycles. The van der Waals surface area contributed by atoms with E-state index in [-0.39, 0.29) is 17.8 Å². The summed E-state index contributed by atoms with van der Waals surface area (Å²) in [5.41, 5.74) is 0.709. The van der Waals surface area contributed by atoms with E-state index in [2.05, 4.69) is 5.32 Å². The number of amides is 1. The molecule has 1 aromatic carbocycles. The molecule has 23 heavy (non-hydrogen) atoms. The Morgan fingerprint density at radius 2 is 2.26 bits per heavy atom. The van der Waals surface area contributed by atoms with Gasteiger partial charge in [0, 0.05) is 10.7 Å². The minimum absolute atomic E-state index is 0.0296. The molecule has 0 saturated carbocycles. The van der Waals surface area contributed by atoms with Crippen molar-refractivity contribution < 1.29 is 19.2 Å². The molecule has 1 aliphatic rings. The minimum Gasteiger partial charge on any atom is -0.466 e. The molecule has 0 spiro atoms. The Hall–Kier alpha value is -1.59. The molecular formula is C17H24ClN2O3+. The molecule has 1 fully saturated rings. The number of esters is 1. The van der Waals surface area contributed by atoms with Crippen molar-refractivity contribution in [3.8, 4) is 0 Å². The van der Waals surface area contributed by atoms with Gasteiger partial charge in [-0.15, -0.1) is 0 Å². The zero-order valence-electron chi connectivity index (χ0n) is 13.4. The molecule has 2 N–H and O–H groups in total. The number of likely N-dealkylation sites (tertiary alicyclic amines) is 1. The van der Waals surface area contributed by atoms with Gasteiger partial charge in [-0.05, 0) is 38.0 Å². The molecule has 1 aromatic rings. The van der Waals surface area contributed by atoms with Gasteiger partial charge in [0.25, 0.3) is 0 Å². The number of halogens is 1. The standard InChI is InChI=1S/C17H23ClN2O3/c1-2-23-17(22)13-5-4-9-20(12-13)10-8-16(21)19-15-7-3-6-14(18)11-15/h3,6-7,11,13H,2,4-5,8-10,12H2,1H3,(H,19,21)/p+1. The first-order valence-electron chi connectivity index (χ1n) is 8.14. The lowest BCUT2D eigenvalue weighted by Crippen LogP contribution is -3.13. The van der Waals surface area contributed by atoms with Crippen LogP contribution in [0.15, 0.2) is 24.3 Å². The van der Waals surface area contributed by atoms with E-state index in [4.69, 9.17) is 16.3 Å². The number of hydrogen-bond donors (Lipinski definition) is 2. The Morgan fingerprint density at radius 3 is 3.00 bits per heavy atom. The van der Waals surface area contributed by atoms with Crippen LogP contribution in [0.5, 0.6) is 0 Å². The molecular weight excluding hydrogens is 316 g/mol. The first-order valence-corrected chi connectivity index (χ1v) is 8.52. The second kappa shape index (κ2) is 8.89. The van der Waals surface area contributed by atoms with E-state index < -0.39 is 0 Å². The second-order valence-electron chi connectivity index (χ2n) is 5.85. The van der Waals surface area contributed by atoms with Crippen LogP contribution >= 0.6 is 11.6 Å². The van der Waals surface area contributed by atoms with Crippen LogP contribution in [0, 0.1) is 5.92 Å². The van der Waals surface area contributed by atoms with Crippen LogP contribution in [0.3, 0.4) is 0 Å². The highest BCUT2D eigenvalue weighted by Crippen LogP contribution is 2.15. The second-order valence-corrected chi connectivity index (χ2v) is 6.29. The summed E-state index contributed by atoms with van der Waals surface area (Å²) < 4.78 is 5.10. The molecule has 2 rings (SSSR count). The monoisotopic (exact) mass is 339 g/mol. The lowest BCUT2D eigenvalue weighted by molar-refractivity contribution is -0.906. The van der Waals surface area contributed by atoms with E-state index in [1.165, 1.54) is 4.90 Å². The summed E-state index contributed by atoms with van der Waals surface area (Å²) in [6.45, 7) is 4.73. The molecule has 1 amide bonds. The summed E-state index contributed by atoms with van der Waals surface area (Å²) in [6.07, 6.45) is 2.31. The molecule has 2 unspecified atom stereocenters. The van der Waals surface area contributed by atoms with Gasteiger partial charge in [-0.1, -0.05) is 17.7 Å². The quantitative estimate of drug-likeness (QED) is 0.773. The predicted molar refractivity (Wildman–Crippen MR) is 89.6 cm³/mol. The van der Waals surface area contributed by atoms with E-state index in [0.717, 1.165) is 32.5 Å². The Kier molecular flexibility index (Phi) is 6.86. The number of quaternary nitrogens is 1. The van der Waals surface area contributed by atoms with Crippen LogP contribution in [-0.4, -0.2) is 38.1 Å². The molecule has 0 aliphatic carbocycles. The van der Waals surface area contributed by atoms with Crippen molar-refractivity contribution in [3.63, 3.8) is 0 Å². The van der Waals surface area contributed by atoms with E-state index in [9.17, 15) is 9.59 Å². The lowest BCUT2D eigenvalue weighted by atomic mass is 9.98. The predicted octanol–water partition coefficient (Wildman–Crippen LogP) is 1.53. The highest BCUT2D eigenvalue weighted by Gasteiger charge is 2.29. The highest BCUT2D eigenvalue weighted by atomic mass is 35.5. The number of carbonyl (C=O) groups excluding carboxylic acids is 2. The van der Waals surface area contributed by atoms with Gasteiger partial charge in [0.15, 0.2) is 0 Å². The summed E-state index contributed by atoms with van der Waals surface area (Å²) in [4.78, 5) is 25.1. The van der Waals surface area contributed by atoms with Crippen molar-refractivity contribution in [2.24, 2.45) is 5.92 Å². The number of anilines is 1. The number of ether oxygens (including phenoxy) is 1. The summed E-state index contributed by atoms with van der Waals surface area (Å²) in [7, 11) is 0. The molecule has 1 heterocycles. The summed E-state index contributed by atoms with van der Waals surface area (Å²) in [6, 6.07) is 7.11. The summed E-state index contributed by atoms with van der Waals surface area (Å²) in [5.74, 6) is -0.166. The van der Waals surface area contributed by atoms with Gasteiger partial charge in [-0.2, -0.15) is 0 Å². The summed E-state index contributed by atoms with van der Waals surface area (Å²) in [5, 5.41) is 3.45. The normalized spacial score (nSPS) is 20.8. The molecule has 0 radical (unpaired) electrons. The van der Waals surface area contributed by atoms with Gasteiger partial charge >= 0.3 is 5.97 Å². The number of hydrogen-bond acceptors (Lipinski definition) is 3. The number of rotatable bonds is 6. The number of nitrogens with one attached hydrogen (secondary N) is 2. The third-order valence-electron chi connectivity index (χ3n) is 4.05. The largest absolute Gasteiger partial charge is 0.466 e. The fourth-order valence-electron chi connectivity index (χ4n) is 2.92. The molecule has 2 atom stereocenters. The zero-order valence-corrected chi connectivity index (χ0v) is 14.2. The molecule has 126 valence electrons. The van der Waals surface area contributed by atoms with Crippen molar-refractivity contribution >= 4 is 29.2 Å². The van der Waals surface area contributed by atoms with Crippen LogP contribution < -0.4 is 10.2 Å². The smallest absolute Gasteiger partial charge is 0.314 e. The van der Waals surface area contributed by atoms with Crippen molar-refractivity contribution in [1.29, 1.82) is 0 Å². The number of benzene rings is 1. The fourth-order valence-corrected chi connectivity index (χ4v) is 3.11. The van der Waals surface area contributed by atoms with E-state index in [1.807, 2.05) is 13.0 Å². The van der Waals surface area contributed by atoms with Crippen LogP contribution in [0.1, 0.15) is 26.2 Å². The van der Waals surface area contributed by atoms with Crippen LogP contribution in [-0.2, 0) is 14.3 Å². The topological polar surface area (TPSA) is 59.8 Å². The number of carbonyl (C=O) groups is 2. The van der Waals surface area contributed by atoms with Crippen molar-refractivity contribution in [1.82, 2.24) is 0 Å². The number of piperidine rings is 1. The van der Waals surface area contributed by atoms with Gasteiger partial charge < -0.3 is 15.0 Å². The highest BCUT2D eigenvalue weighted by molar-refractivity contribution is 6.30. The fraction of sp³-hybridized carbons (Fsp3) is 0.529. The Morgan fingerprint density at radius 1 is 1.43 bits per heavy atom. The van der Waals surface area contributed by atoms with Gasteiger partial charge in [0.2, 0.25) is 5.91 Å². The molecule has 1 aliphatic heterocycles. The molecule has 5 nitrogen and oxygen atoms in total. The van der Waals surface area contributed by atoms with Gasteiger partial charge in [-0.25, -0.2) is 0 Å². The lowest BCUT2D eigenvalue weighted by Gasteiger charge is -2.28. The Labute approximate surface area is 141 Å². The zero-order chi connectivity index (χ0) is 16.7. The maximum atomic E-state index is 12.0. The van der Waals surface area contributed by atoms with Crippen LogP contribution in [0.2, 0.25) is 5.02 Å². The Balaban J connectivity index is 1.76. The molecule has 0 aromatic heterocycles. The van der Waals surface area contributed by atoms with Crippen molar-refractivity contribution in [3.05, 3.63) is 29.3 Å². The third kappa shape index (κ3) is 5.84. The van der Waals surface area contributed by atoms with Crippen LogP contribution in [0.4, 0.5) is 5.69 Å². The summed E-state index contributed by atoms with van der Waals surface area (Å²) >= 11 is 5.90. The molecule has 6 heteroatoms. The van der Waals surface area contributed by atoms with E-state index in [1.54, 1.807) is 18.2 Å². The van der Waals surface area contributed by atoms with E-state index >= 15 is 0 Å². The maximum Gasteiger partial charge on any atom is 0.314 e. The van der Waals surface area contributed by atoms with Crippen LogP contribution in [0.25, 0.3) is 0 Å². The van der Waals surface area contributed by atoms with Gasteiger partial charge in [0.1, 0.15) is 5.92 Å². The average molecular weight is 340 g/mol. The first kappa shape index (κ1) is 17.8. The van der Waals surface area contributed by atoms with E-state index in [0.29, 0.717) is 23.7 Å². The van der Waals surface area contributed by atoms with Gasteiger partial charge in [-0.3, -0.25) is 9.59 Å². The first-order chi connectivity index (χ1) is 11.1. The third-order valence-corrected chi connectivity index (χ3v) is 4.29. The minimum atomic E-state index is -0.104. The van der Waals surface area contributed by atoms with Crippen molar-refractivity contribution in [2.75, 3.05) is 31.6 Å².